The Balaban J connectivity index is 3.39. The van der Waals surface area contributed by atoms with Crippen molar-refractivity contribution >= 4 is 23.8 Å². The summed E-state index contributed by atoms with van der Waals surface area (Å²) >= 11 is 0. The standard InChI is InChI=1S/C24H38N4O5/c1-8-13-28(20(21(30)26-15(2)3)17-11-9-16(4)10-12-17)22(31)18(14-19(25)29)27-23(32)33-24(5,6)7/h9-12,15,18,20H,8,13-14H2,1-7H3,(H2,25,29)(H,26,30)(H,27,32). The lowest BCUT2D eigenvalue weighted by Gasteiger charge is -2.34. The van der Waals surface area contributed by atoms with Crippen LogP contribution in [0, 0.1) is 6.92 Å². The highest BCUT2D eigenvalue weighted by atomic mass is 16.6. The molecule has 4 N–H and O–H groups in total. The predicted molar refractivity (Wildman–Crippen MR) is 126 cm³/mol. The number of carbonyl (C=O) groups is 4. The second-order valence-corrected chi connectivity index (χ2v) is 9.38. The van der Waals surface area contributed by atoms with Gasteiger partial charge in [-0.2, -0.15) is 0 Å². The van der Waals surface area contributed by atoms with E-state index in [2.05, 4.69) is 10.6 Å². The molecule has 0 saturated heterocycles. The van der Waals surface area contributed by atoms with Crippen LogP contribution in [0.3, 0.4) is 0 Å². The number of rotatable bonds is 10. The Morgan fingerprint density at radius 1 is 1.06 bits per heavy atom. The average molecular weight is 463 g/mol. The number of nitrogens with two attached hydrogens (primary N) is 1. The van der Waals surface area contributed by atoms with Gasteiger partial charge in [0.1, 0.15) is 17.7 Å². The number of ether oxygens (including phenoxy) is 1. The van der Waals surface area contributed by atoms with Crippen molar-refractivity contribution in [3.05, 3.63) is 35.4 Å². The Hall–Kier alpha value is -3.10. The van der Waals surface area contributed by atoms with Gasteiger partial charge in [-0.3, -0.25) is 14.4 Å². The molecule has 9 nitrogen and oxygen atoms in total. The monoisotopic (exact) mass is 462 g/mol. The molecule has 2 unspecified atom stereocenters. The minimum absolute atomic E-state index is 0.148. The maximum atomic E-state index is 13.6. The zero-order valence-corrected chi connectivity index (χ0v) is 20.7. The fraction of sp³-hybridized carbons (Fsp3) is 0.583. The molecule has 0 spiro atoms. The lowest BCUT2D eigenvalue weighted by atomic mass is 10.0. The van der Waals surface area contributed by atoms with Gasteiger partial charge in [-0.25, -0.2) is 4.79 Å². The van der Waals surface area contributed by atoms with E-state index in [1.807, 2.05) is 39.8 Å². The molecule has 4 amide bonds. The molecule has 0 saturated carbocycles. The van der Waals surface area contributed by atoms with Crippen LogP contribution in [0.1, 0.15) is 71.6 Å². The molecule has 0 aliphatic heterocycles. The van der Waals surface area contributed by atoms with E-state index in [0.717, 1.165) is 5.56 Å². The first-order chi connectivity index (χ1) is 15.2. The smallest absolute Gasteiger partial charge is 0.408 e. The topological polar surface area (TPSA) is 131 Å². The molecular weight excluding hydrogens is 424 g/mol. The third-order valence-electron chi connectivity index (χ3n) is 4.53. The molecule has 0 fully saturated rings. The third-order valence-corrected chi connectivity index (χ3v) is 4.53. The van der Waals surface area contributed by atoms with Crippen molar-refractivity contribution in [2.24, 2.45) is 5.73 Å². The first-order valence-electron chi connectivity index (χ1n) is 11.2. The minimum Gasteiger partial charge on any atom is -0.444 e. The largest absolute Gasteiger partial charge is 0.444 e. The molecule has 0 heterocycles. The van der Waals surface area contributed by atoms with Gasteiger partial charge in [0, 0.05) is 12.6 Å². The van der Waals surface area contributed by atoms with Crippen LogP contribution >= 0.6 is 0 Å². The zero-order chi connectivity index (χ0) is 25.3. The molecule has 9 heteroatoms. The van der Waals surface area contributed by atoms with Gasteiger partial charge in [0.25, 0.3) is 0 Å². The van der Waals surface area contributed by atoms with E-state index in [9.17, 15) is 19.2 Å². The van der Waals surface area contributed by atoms with E-state index >= 15 is 0 Å². The van der Waals surface area contributed by atoms with Crippen molar-refractivity contribution in [2.45, 2.75) is 85.0 Å². The number of nitrogens with zero attached hydrogens (tertiary/aromatic N) is 1. The normalized spacial score (nSPS) is 13.1. The van der Waals surface area contributed by atoms with Crippen molar-refractivity contribution in [2.75, 3.05) is 6.54 Å². The van der Waals surface area contributed by atoms with Gasteiger partial charge in [-0.1, -0.05) is 36.8 Å². The van der Waals surface area contributed by atoms with E-state index in [-0.39, 0.29) is 18.5 Å². The van der Waals surface area contributed by atoms with E-state index in [0.29, 0.717) is 12.0 Å². The van der Waals surface area contributed by atoms with Gasteiger partial charge in [-0.05, 0) is 53.5 Å². The van der Waals surface area contributed by atoms with Gasteiger partial charge in [-0.15, -0.1) is 0 Å². The molecule has 33 heavy (non-hydrogen) atoms. The Bertz CT molecular complexity index is 830. The second-order valence-electron chi connectivity index (χ2n) is 9.38. The first-order valence-corrected chi connectivity index (χ1v) is 11.2. The van der Waals surface area contributed by atoms with Gasteiger partial charge < -0.3 is 26.0 Å². The Morgan fingerprint density at radius 3 is 2.09 bits per heavy atom. The number of hydrogen-bond acceptors (Lipinski definition) is 5. The van der Waals surface area contributed by atoms with Crippen molar-refractivity contribution in [3.63, 3.8) is 0 Å². The lowest BCUT2D eigenvalue weighted by molar-refractivity contribution is -0.143. The second kappa shape index (κ2) is 12.2. The Labute approximate surface area is 196 Å². The van der Waals surface area contributed by atoms with Crippen molar-refractivity contribution < 1.29 is 23.9 Å². The number of carbonyl (C=O) groups excluding carboxylic acids is 4. The number of aryl methyl sites for hydroxylation is 1. The van der Waals surface area contributed by atoms with Crippen molar-refractivity contribution in [1.29, 1.82) is 0 Å². The molecule has 0 bridgehead atoms. The lowest BCUT2D eigenvalue weighted by Crippen LogP contribution is -2.54. The molecule has 0 aliphatic carbocycles. The summed E-state index contributed by atoms with van der Waals surface area (Å²) in [4.78, 5) is 52.3. The molecular formula is C24H38N4O5. The summed E-state index contributed by atoms with van der Waals surface area (Å²) in [6, 6.07) is 4.93. The zero-order valence-electron chi connectivity index (χ0n) is 20.7. The van der Waals surface area contributed by atoms with Crippen LogP contribution in [-0.4, -0.2) is 52.9 Å². The highest BCUT2D eigenvalue weighted by Crippen LogP contribution is 2.24. The van der Waals surface area contributed by atoms with E-state index in [1.54, 1.807) is 32.9 Å². The average Bonchev–Trinajstić information content (AvgIpc) is 2.65. The molecule has 1 rings (SSSR count). The number of alkyl carbamates (subject to hydrolysis) is 1. The summed E-state index contributed by atoms with van der Waals surface area (Å²) in [7, 11) is 0. The fourth-order valence-electron chi connectivity index (χ4n) is 3.24. The molecule has 1 aromatic carbocycles. The summed E-state index contributed by atoms with van der Waals surface area (Å²) in [5.74, 6) is -1.71. The summed E-state index contributed by atoms with van der Waals surface area (Å²) in [6.45, 7) is 12.7. The van der Waals surface area contributed by atoms with E-state index < -0.39 is 42.0 Å². The Morgan fingerprint density at radius 2 is 1.64 bits per heavy atom. The Kier molecular flexibility index (Phi) is 10.3. The van der Waals surface area contributed by atoms with E-state index in [4.69, 9.17) is 10.5 Å². The van der Waals surface area contributed by atoms with Gasteiger partial charge in [0.05, 0.1) is 6.42 Å². The molecule has 0 aromatic heterocycles. The van der Waals surface area contributed by atoms with E-state index in [1.165, 1.54) is 4.90 Å². The summed E-state index contributed by atoms with van der Waals surface area (Å²) in [5, 5.41) is 5.32. The number of benzene rings is 1. The molecule has 184 valence electrons. The maximum absolute atomic E-state index is 13.6. The number of nitrogens with one attached hydrogen (secondary N) is 2. The van der Waals surface area contributed by atoms with Crippen molar-refractivity contribution in [3.8, 4) is 0 Å². The van der Waals surface area contributed by atoms with Crippen LogP contribution in [0.4, 0.5) is 4.79 Å². The van der Waals surface area contributed by atoms with Crippen LogP contribution in [0.15, 0.2) is 24.3 Å². The number of hydrogen-bond donors (Lipinski definition) is 3. The fourth-order valence-corrected chi connectivity index (χ4v) is 3.24. The summed E-state index contributed by atoms with van der Waals surface area (Å²) in [5.41, 5.74) is 6.19. The minimum atomic E-state index is -1.27. The first kappa shape index (κ1) is 27.9. The third kappa shape index (κ3) is 9.51. The molecule has 1 aromatic rings. The molecule has 0 radical (unpaired) electrons. The van der Waals surface area contributed by atoms with Gasteiger partial charge in [0.15, 0.2) is 0 Å². The van der Waals surface area contributed by atoms with Gasteiger partial charge in [0.2, 0.25) is 17.7 Å². The molecule has 0 aliphatic rings. The van der Waals surface area contributed by atoms with Crippen LogP contribution in [-0.2, 0) is 19.1 Å². The summed E-state index contributed by atoms with van der Waals surface area (Å²) in [6.07, 6.45) is -0.721. The quantitative estimate of drug-likeness (QED) is 0.492. The van der Waals surface area contributed by atoms with Crippen LogP contribution < -0.4 is 16.4 Å². The summed E-state index contributed by atoms with van der Waals surface area (Å²) < 4.78 is 5.25. The number of primary amides is 1. The highest BCUT2D eigenvalue weighted by Gasteiger charge is 2.36. The predicted octanol–water partition coefficient (Wildman–Crippen LogP) is 2.57. The van der Waals surface area contributed by atoms with Crippen molar-refractivity contribution in [1.82, 2.24) is 15.5 Å². The maximum Gasteiger partial charge on any atom is 0.408 e. The van der Waals surface area contributed by atoms with Crippen LogP contribution in [0.2, 0.25) is 0 Å². The SMILES string of the molecule is CCCN(C(=O)C(CC(N)=O)NC(=O)OC(C)(C)C)C(C(=O)NC(C)C)c1ccc(C)cc1. The molecule has 2 atom stereocenters. The van der Waals surface area contributed by atoms with Crippen LogP contribution in [0.25, 0.3) is 0 Å². The van der Waals surface area contributed by atoms with Gasteiger partial charge >= 0.3 is 6.09 Å². The van der Waals surface area contributed by atoms with Crippen LogP contribution in [0.5, 0.6) is 0 Å². The highest BCUT2D eigenvalue weighted by molar-refractivity contribution is 5.94. The number of amides is 4.